The molecule has 35 heavy (non-hydrogen) atoms. The first-order chi connectivity index (χ1) is 17.1. The minimum absolute atomic E-state index is 0.162. The summed E-state index contributed by atoms with van der Waals surface area (Å²) in [6.45, 7) is 1.46. The summed E-state index contributed by atoms with van der Waals surface area (Å²) < 4.78 is 5.19. The van der Waals surface area contributed by atoms with E-state index in [-0.39, 0.29) is 24.3 Å². The highest BCUT2D eigenvalue weighted by Crippen LogP contribution is 2.27. The van der Waals surface area contributed by atoms with E-state index < -0.39 is 5.97 Å². The minimum Gasteiger partial charge on any atom is -0.452 e. The number of hydrogen-bond donors (Lipinski definition) is 1. The van der Waals surface area contributed by atoms with Crippen LogP contribution < -0.4 is 5.32 Å². The highest BCUT2D eigenvalue weighted by Gasteiger charge is 2.20. The molecule has 6 nitrogen and oxygen atoms in total. The van der Waals surface area contributed by atoms with Gasteiger partial charge in [0.2, 0.25) is 5.91 Å². The van der Waals surface area contributed by atoms with Gasteiger partial charge in [-0.2, -0.15) is 0 Å². The van der Waals surface area contributed by atoms with Gasteiger partial charge in [0.25, 0.3) is 5.91 Å². The minimum atomic E-state index is -0.546. The highest BCUT2D eigenvalue weighted by molar-refractivity contribution is 5.91. The van der Waals surface area contributed by atoms with Crippen molar-refractivity contribution in [3.05, 3.63) is 107 Å². The van der Waals surface area contributed by atoms with Crippen molar-refractivity contribution in [1.29, 1.82) is 0 Å². The zero-order chi connectivity index (χ0) is 24.5. The maximum atomic E-state index is 12.3. The van der Waals surface area contributed by atoms with Gasteiger partial charge < -0.3 is 15.0 Å². The smallest absolute Gasteiger partial charge is 0.338 e. The Morgan fingerprint density at radius 1 is 0.886 bits per heavy atom. The summed E-state index contributed by atoms with van der Waals surface area (Å²) in [4.78, 5) is 38.2. The lowest BCUT2D eigenvalue weighted by molar-refractivity contribution is -0.128. The van der Waals surface area contributed by atoms with Crippen molar-refractivity contribution in [2.45, 2.75) is 31.7 Å². The fourth-order valence-electron chi connectivity index (χ4n) is 4.36. The van der Waals surface area contributed by atoms with Crippen LogP contribution in [0.3, 0.4) is 0 Å². The monoisotopic (exact) mass is 470 g/mol. The molecule has 4 rings (SSSR count). The molecule has 0 unspecified atom stereocenters. The van der Waals surface area contributed by atoms with E-state index in [1.165, 1.54) is 11.1 Å². The Labute approximate surface area is 205 Å². The van der Waals surface area contributed by atoms with E-state index >= 15 is 0 Å². The Morgan fingerprint density at radius 3 is 2.09 bits per heavy atom. The van der Waals surface area contributed by atoms with Gasteiger partial charge in [-0.3, -0.25) is 9.59 Å². The molecule has 1 aliphatic heterocycles. The average molecular weight is 471 g/mol. The van der Waals surface area contributed by atoms with Gasteiger partial charge in [-0.15, -0.1) is 0 Å². The predicted molar refractivity (Wildman–Crippen MR) is 134 cm³/mol. The number of amides is 2. The molecule has 0 saturated carbocycles. The molecular weight excluding hydrogens is 440 g/mol. The third-order valence-electron chi connectivity index (χ3n) is 6.23. The molecule has 0 aromatic heterocycles. The van der Waals surface area contributed by atoms with E-state index in [2.05, 4.69) is 29.6 Å². The summed E-state index contributed by atoms with van der Waals surface area (Å²) >= 11 is 0. The van der Waals surface area contributed by atoms with E-state index in [4.69, 9.17) is 4.74 Å². The molecule has 180 valence electrons. The Kier molecular flexibility index (Phi) is 8.28. The lowest BCUT2D eigenvalue weighted by atomic mass is 9.88. The van der Waals surface area contributed by atoms with Gasteiger partial charge >= 0.3 is 5.97 Å². The Bertz CT molecular complexity index is 1090. The van der Waals surface area contributed by atoms with Crippen molar-refractivity contribution >= 4 is 17.8 Å². The maximum Gasteiger partial charge on any atom is 0.338 e. The summed E-state index contributed by atoms with van der Waals surface area (Å²) in [7, 11) is 0. The molecular formula is C29H30N2O4. The molecule has 0 bridgehead atoms. The van der Waals surface area contributed by atoms with Gasteiger partial charge in [-0.05, 0) is 41.7 Å². The third kappa shape index (κ3) is 6.79. The molecule has 1 fully saturated rings. The van der Waals surface area contributed by atoms with Crippen LogP contribution in [0.5, 0.6) is 0 Å². The van der Waals surface area contributed by atoms with Crippen LogP contribution in [0.15, 0.2) is 84.9 Å². The first kappa shape index (κ1) is 24.2. The summed E-state index contributed by atoms with van der Waals surface area (Å²) in [5.41, 5.74) is 3.72. The largest absolute Gasteiger partial charge is 0.452 e. The Hall–Kier alpha value is -3.93. The van der Waals surface area contributed by atoms with Crippen molar-refractivity contribution in [2.75, 3.05) is 19.7 Å². The molecule has 2 amide bonds. The van der Waals surface area contributed by atoms with Crippen LogP contribution >= 0.6 is 0 Å². The Morgan fingerprint density at radius 2 is 1.51 bits per heavy atom. The van der Waals surface area contributed by atoms with Gasteiger partial charge in [-0.25, -0.2) is 4.79 Å². The third-order valence-corrected chi connectivity index (χ3v) is 6.23. The fraction of sp³-hybridized carbons (Fsp3) is 0.276. The number of carbonyl (C=O) groups is 3. The average Bonchev–Trinajstić information content (AvgIpc) is 3.30. The number of hydrogen-bond acceptors (Lipinski definition) is 4. The second-order valence-corrected chi connectivity index (χ2v) is 8.70. The lowest BCUT2D eigenvalue weighted by Crippen LogP contribution is -2.30. The number of rotatable bonds is 10. The van der Waals surface area contributed by atoms with Gasteiger partial charge in [0.1, 0.15) is 0 Å². The van der Waals surface area contributed by atoms with Gasteiger partial charge in [-0.1, -0.05) is 72.8 Å². The van der Waals surface area contributed by atoms with Crippen LogP contribution in [-0.2, 0) is 20.9 Å². The number of esters is 1. The molecule has 3 aromatic rings. The number of carbonyl (C=O) groups excluding carboxylic acids is 3. The molecule has 1 aliphatic rings. The zero-order valence-electron chi connectivity index (χ0n) is 19.7. The number of nitrogens with one attached hydrogen (secondary N) is 1. The molecule has 1 heterocycles. The van der Waals surface area contributed by atoms with E-state index in [9.17, 15) is 14.4 Å². The van der Waals surface area contributed by atoms with Crippen molar-refractivity contribution in [1.82, 2.24) is 10.2 Å². The summed E-state index contributed by atoms with van der Waals surface area (Å²) in [6.07, 6.45) is 2.23. The SMILES string of the molecule is O=C(COC(=O)c1ccc(CN2CCCC2=O)cc1)NCCC(c1ccccc1)c1ccccc1. The van der Waals surface area contributed by atoms with Crippen LogP contribution in [0.1, 0.15) is 52.2 Å². The molecule has 6 heteroatoms. The summed E-state index contributed by atoms with van der Waals surface area (Å²) in [5, 5.41) is 2.86. The molecule has 0 spiro atoms. The molecule has 3 aromatic carbocycles. The predicted octanol–water partition coefficient (Wildman–Crippen LogP) is 4.30. The molecule has 0 aliphatic carbocycles. The van der Waals surface area contributed by atoms with Crippen molar-refractivity contribution in [3.63, 3.8) is 0 Å². The maximum absolute atomic E-state index is 12.3. The topological polar surface area (TPSA) is 75.7 Å². The lowest BCUT2D eigenvalue weighted by Gasteiger charge is -2.18. The van der Waals surface area contributed by atoms with Crippen LogP contribution in [0, 0.1) is 0 Å². The first-order valence-electron chi connectivity index (χ1n) is 12.0. The number of nitrogens with zero attached hydrogens (tertiary/aromatic N) is 1. The molecule has 0 radical (unpaired) electrons. The van der Waals surface area contributed by atoms with Crippen molar-refractivity contribution in [3.8, 4) is 0 Å². The van der Waals surface area contributed by atoms with Crippen molar-refractivity contribution < 1.29 is 19.1 Å². The van der Waals surface area contributed by atoms with Gasteiger partial charge in [0.15, 0.2) is 6.61 Å². The van der Waals surface area contributed by atoms with E-state index in [0.717, 1.165) is 24.9 Å². The normalized spacial score (nSPS) is 13.2. The zero-order valence-corrected chi connectivity index (χ0v) is 19.7. The highest BCUT2D eigenvalue weighted by atomic mass is 16.5. The van der Waals surface area contributed by atoms with Gasteiger partial charge in [0.05, 0.1) is 5.56 Å². The Balaban J connectivity index is 1.23. The van der Waals surface area contributed by atoms with E-state index in [1.54, 1.807) is 12.1 Å². The molecule has 0 atom stereocenters. The van der Waals surface area contributed by atoms with Crippen molar-refractivity contribution in [2.24, 2.45) is 0 Å². The first-order valence-corrected chi connectivity index (χ1v) is 12.0. The second-order valence-electron chi connectivity index (χ2n) is 8.70. The molecule has 1 saturated heterocycles. The van der Waals surface area contributed by atoms with Crippen LogP contribution in [0.25, 0.3) is 0 Å². The second kappa shape index (κ2) is 12.0. The number of benzene rings is 3. The standard InChI is InChI=1S/C29H30N2O4/c32-27(30-18-17-26(23-8-3-1-4-9-23)24-10-5-2-6-11-24)21-35-29(34)25-15-13-22(14-16-25)20-31-19-7-12-28(31)33/h1-6,8-11,13-16,26H,7,12,17-21H2,(H,30,32). The fourth-order valence-corrected chi connectivity index (χ4v) is 4.36. The van der Waals surface area contributed by atoms with E-state index in [1.807, 2.05) is 53.4 Å². The van der Waals surface area contributed by atoms with Crippen LogP contribution in [0.2, 0.25) is 0 Å². The number of likely N-dealkylation sites (tertiary alicyclic amines) is 1. The van der Waals surface area contributed by atoms with Gasteiger partial charge in [0, 0.05) is 32.0 Å². The van der Waals surface area contributed by atoms with E-state index in [0.29, 0.717) is 25.1 Å². The quantitative estimate of drug-likeness (QED) is 0.448. The molecule has 1 N–H and O–H groups in total. The van der Waals surface area contributed by atoms with Crippen LogP contribution in [0.4, 0.5) is 0 Å². The van der Waals surface area contributed by atoms with Crippen LogP contribution in [-0.4, -0.2) is 42.4 Å². The summed E-state index contributed by atoms with van der Waals surface area (Å²) in [5.74, 6) is -0.550. The number of ether oxygens (including phenoxy) is 1. The summed E-state index contributed by atoms with van der Waals surface area (Å²) in [6, 6.07) is 27.4.